The number of esters is 1. The zero-order valence-corrected chi connectivity index (χ0v) is 13.9. The molecule has 3 rings (SSSR count). The second-order valence-electron chi connectivity index (χ2n) is 6.70. The number of allylic oxidation sites excluding steroid dienone is 1. The number of cyclic esters (lactones) is 1. The van der Waals surface area contributed by atoms with Crippen LogP contribution in [-0.4, -0.2) is 19.1 Å². The normalized spacial score (nSPS) is 24.9. The van der Waals surface area contributed by atoms with Crippen LogP contribution in [0.4, 0.5) is 5.69 Å². The molecule has 3 nitrogen and oxygen atoms in total. The van der Waals surface area contributed by atoms with E-state index in [0.717, 1.165) is 35.2 Å². The Balaban J connectivity index is 1.73. The van der Waals surface area contributed by atoms with E-state index in [2.05, 4.69) is 42.9 Å². The van der Waals surface area contributed by atoms with Gasteiger partial charge in [0.2, 0.25) is 0 Å². The number of carbonyl (C=O) groups excluding carboxylic acids is 1. The smallest absolute Gasteiger partial charge is 0.313 e. The third-order valence-corrected chi connectivity index (χ3v) is 5.16. The highest BCUT2D eigenvalue weighted by Gasteiger charge is 2.56. The summed E-state index contributed by atoms with van der Waals surface area (Å²) in [6.45, 7) is 12.5. The van der Waals surface area contributed by atoms with Crippen LogP contribution in [0.5, 0.6) is 0 Å². The van der Waals surface area contributed by atoms with Crippen molar-refractivity contribution in [2.45, 2.75) is 19.3 Å². The molecule has 0 spiro atoms. The van der Waals surface area contributed by atoms with Crippen molar-refractivity contribution in [3.8, 4) is 0 Å². The molecule has 0 radical (unpaired) electrons. The molecule has 1 aromatic rings. The van der Waals surface area contributed by atoms with Crippen molar-refractivity contribution >= 4 is 11.7 Å². The summed E-state index contributed by atoms with van der Waals surface area (Å²) in [5.74, 6) is 0.185. The minimum Gasteiger partial charge on any atom is -0.465 e. The van der Waals surface area contributed by atoms with Crippen molar-refractivity contribution in [1.82, 2.24) is 0 Å². The molecule has 0 bridgehead atoms. The first kappa shape index (κ1) is 16.4. The van der Waals surface area contributed by atoms with Crippen LogP contribution in [0.3, 0.4) is 0 Å². The Hall–Kier alpha value is -2.51. The molecular formula is C21H23NO2. The monoisotopic (exact) mass is 321 g/mol. The van der Waals surface area contributed by atoms with Crippen LogP contribution in [-0.2, 0) is 16.0 Å². The minimum atomic E-state index is -0.425. The summed E-state index contributed by atoms with van der Waals surface area (Å²) < 4.78 is 5.36. The second kappa shape index (κ2) is 6.54. The van der Waals surface area contributed by atoms with Gasteiger partial charge in [0, 0.05) is 18.2 Å². The van der Waals surface area contributed by atoms with Crippen LogP contribution in [0, 0.1) is 11.3 Å². The highest BCUT2D eigenvalue weighted by atomic mass is 16.5. The number of benzene rings is 1. The predicted octanol–water partition coefficient (Wildman–Crippen LogP) is 4.05. The highest BCUT2D eigenvalue weighted by molar-refractivity contribution is 5.81. The molecule has 0 aromatic heterocycles. The molecule has 2 unspecified atom stereocenters. The Bertz CT molecular complexity index is 725. The molecule has 1 saturated carbocycles. The Morgan fingerprint density at radius 3 is 2.83 bits per heavy atom. The summed E-state index contributed by atoms with van der Waals surface area (Å²) in [7, 11) is 0. The maximum Gasteiger partial charge on any atom is 0.313 e. The molecule has 124 valence electrons. The average Bonchev–Trinajstić information content (AvgIpc) is 3.10. The summed E-state index contributed by atoms with van der Waals surface area (Å²) in [4.78, 5) is 12.4. The number of carbonyl (C=O) groups is 1. The van der Waals surface area contributed by atoms with E-state index in [-0.39, 0.29) is 11.9 Å². The molecule has 1 heterocycles. The standard InChI is InChI=1S/C21H23NO2/c1-4-15(3)13-22-19-8-6-17(7-9-19)12-21-11-16(5-2)10-18(21)14-24-20(21)23/h4,6-9,18,22H,1-3,10-14H2. The van der Waals surface area contributed by atoms with Crippen LogP contribution in [0.2, 0.25) is 0 Å². The third kappa shape index (κ3) is 2.95. The van der Waals surface area contributed by atoms with Crippen LogP contribution < -0.4 is 5.32 Å². The maximum atomic E-state index is 12.4. The molecule has 1 aliphatic heterocycles. The molecule has 1 N–H and O–H groups in total. The Kier molecular flexibility index (Phi) is 4.46. The molecule has 2 atom stereocenters. The van der Waals surface area contributed by atoms with Gasteiger partial charge < -0.3 is 10.1 Å². The quantitative estimate of drug-likeness (QED) is 0.488. The van der Waals surface area contributed by atoms with Gasteiger partial charge in [-0.3, -0.25) is 4.79 Å². The number of nitrogens with one attached hydrogen (secondary N) is 1. The van der Waals surface area contributed by atoms with Gasteiger partial charge in [0.1, 0.15) is 0 Å². The van der Waals surface area contributed by atoms with Gasteiger partial charge in [-0.05, 0) is 48.1 Å². The number of hydrogen-bond donors (Lipinski definition) is 1. The van der Waals surface area contributed by atoms with Crippen molar-refractivity contribution in [1.29, 1.82) is 0 Å². The van der Waals surface area contributed by atoms with Crippen LogP contribution in [0.1, 0.15) is 18.4 Å². The summed E-state index contributed by atoms with van der Waals surface area (Å²) >= 11 is 0. The van der Waals surface area contributed by atoms with E-state index in [1.54, 1.807) is 6.08 Å². The molecular weight excluding hydrogens is 298 g/mol. The van der Waals surface area contributed by atoms with Gasteiger partial charge in [0.25, 0.3) is 0 Å². The number of anilines is 1. The third-order valence-electron chi connectivity index (χ3n) is 5.16. The fourth-order valence-corrected chi connectivity index (χ4v) is 3.67. The zero-order chi connectivity index (χ0) is 17.2. The van der Waals surface area contributed by atoms with E-state index in [9.17, 15) is 4.79 Å². The molecule has 3 heteroatoms. The molecule has 2 aliphatic rings. The largest absolute Gasteiger partial charge is 0.465 e. The molecule has 24 heavy (non-hydrogen) atoms. The first-order chi connectivity index (χ1) is 11.6. The van der Waals surface area contributed by atoms with E-state index in [0.29, 0.717) is 19.6 Å². The van der Waals surface area contributed by atoms with E-state index in [4.69, 9.17) is 4.74 Å². The lowest BCUT2D eigenvalue weighted by Crippen LogP contribution is -2.31. The van der Waals surface area contributed by atoms with E-state index < -0.39 is 5.41 Å². The van der Waals surface area contributed by atoms with Gasteiger partial charge in [-0.15, -0.1) is 5.73 Å². The lowest BCUT2D eigenvalue weighted by Gasteiger charge is -2.24. The van der Waals surface area contributed by atoms with Gasteiger partial charge in [-0.25, -0.2) is 0 Å². The van der Waals surface area contributed by atoms with Crippen molar-refractivity contribution in [2.24, 2.45) is 11.3 Å². The number of hydrogen-bond acceptors (Lipinski definition) is 3. The van der Waals surface area contributed by atoms with Crippen molar-refractivity contribution in [3.63, 3.8) is 0 Å². The summed E-state index contributed by atoms with van der Waals surface area (Å²) in [5.41, 5.74) is 6.85. The minimum absolute atomic E-state index is 0.0674. The Labute approximate surface area is 143 Å². The first-order valence-electron chi connectivity index (χ1n) is 8.25. The number of rotatable bonds is 6. The molecule has 2 fully saturated rings. The number of ether oxygens (including phenoxy) is 1. The maximum absolute atomic E-state index is 12.4. The second-order valence-corrected chi connectivity index (χ2v) is 6.70. The topological polar surface area (TPSA) is 38.3 Å². The number of fused-ring (bicyclic) bond motifs is 1. The Morgan fingerprint density at radius 1 is 1.42 bits per heavy atom. The van der Waals surface area contributed by atoms with Gasteiger partial charge in [0.15, 0.2) is 0 Å². The van der Waals surface area contributed by atoms with Crippen molar-refractivity contribution < 1.29 is 9.53 Å². The van der Waals surface area contributed by atoms with E-state index in [1.165, 1.54) is 0 Å². The molecule has 1 aromatic carbocycles. The molecule has 0 amide bonds. The van der Waals surface area contributed by atoms with Crippen LogP contribution in [0.15, 0.2) is 67.0 Å². The summed E-state index contributed by atoms with van der Waals surface area (Å²) in [6, 6.07) is 8.23. The van der Waals surface area contributed by atoms with Crippen molar-refractivity contribution in [3.05, 3.63) is 72.5 Å². The SMILES string of the molecule is C=C=C1CC2COC(=O)C2(Cc2ccc(NCC(=C)C=C)cc2)C1. The van der Waals surface area contributed by atoms with Gasteiger partial charge in [-0.2, -0.15) is 0 Å². The predicted molar refractivity (Wildman–Crippen MR) is 96.7 cm³/mol. The fourth-order valence-electron chi connectivity index (χ4n) is 3.67. The zero-order valence-electron chi connectivity index (χ0n) is 13.9. The Morgan fingerprint density at radius 2 is 2.17 bits per heavy atom. The lowest BCUT2D eigenvalue weighted by molar-refractivity contribution is -0.146. The lowest BCUT2D eigenvalue weighted by atomic mass is 9.75. The first-order valence-corrected chi connectivity index (χ1v) is 8.25. The van der Waals surface area contributed by atoms with Crippen molar-refractivity contribution in [2.75, 3.05) is 18.5 Å². The molecule has 1 aliphatic carbocycles. The van der Waals surface area contributed by atoms with Gasteiger partial charge in [0.05, 0.1) is 12.0 Å². The van der Waals surface area contributed by atoms with Crippen LogP contribution >= 0.6 is 0 Å². The van der Waals surface area contributed by atoms with Crippen LogP contribution in [0.25, 0.3) is 0 Å². The van der Waals surface area contributed by atoms with E-state index in [1.807, 2.05) is 12.1 Å². The highest BCUT2D eigenvalue weighted by Crippen LogP contribution is 2.52. The fraction of sp³-hybridized carbons (Fsp3) is 0.333. The average molecular weight is 321 g/mol. The molecule has 1 saturated heterocycles. The van der Waals surface area contributed by atoms with Gasteiger partial charge >= 0.3 is 5.97 Å². The van der Waals surface area contributed by atoms with Gasteiger partial charge in [-0.1, -0.05) is 37.9 Å². The summed E-state index contributed by atoms with van der Waals surface area (Å²) in [5, 5.41) is 3.30. The summed E-state index contributed by atoms with van der Waals surface area (Å²) in [6.07, 6.45) is 4.05. The van der Waals surface area contributed by atoms with E-state index >= 15 is 0 Å².